The van der Waals surface area contributed by atoms with E-state index < -0.39 is 11.9 Å². The molecule has 128 valence electrons. The van der Waals surface area contributed by atoms with Gasteiger partial charge >= 0.3 is 5.97 Å². The van der Waals surface area contributed by atoms with Crippen LogP contribution in [0.4, 0.5) is 0 Å². The molecule has 1 fully saturated rings. The van der Waals surface area contributed by atoms with Crippen molar-refractivity contribution in [1.29, 1.82) is 0 Å². The lowest BCUT2D eigenvalue weighted by Crippen LogP contribution is -2.41. The molecule has 0 bridgehead atoms. The molecule has 0 unspecified atom stereocenters. The minimum absolute atomic E-state index is 0.0586. The molecule has 0 radical (unpaired) electrons. The zero-order valence-corrected chi connectivity index (χ0v) is 14.7. The van der Waals surface area contributed by atoms with Gasteiger partial charge in [-0.3, -0.25) is 14.3 Å². The molecular formula is C17H27N3O3. The molecule has 6 heteroatoms. The SMILES string of the molecule is Cc1nn(C)c(C)c1C[C@H](C)C(=O)N(C[C@@H](C)C(=O)O)C1CC1. The van der Waals surface area contributed by atoms with Gasteiger partial charge in [0.2, 0.25) is 5.91 Å². The summed E-state index contributed by atoms with van der Waals surface area (Å²) in [5.41, 5.74) is 3.16. The monoisotopic (exact) mass is 321 g/mol. The zero-order valence-electron chi connectivity index (χ0n) is 14.7. The van der Waals surface area contributed by atoms with Crippen LogP contribution in [-0.4, -0.2) is 44.3 Å². The van der Waals surface area contributed by atoms with Gasteiger partial charge in [-0.2, -0.15) is 5.10 Å². The molecule has 2 rings (SSSR count). The van der Waals surface area contributed by atoms with Crippen LogP contribution in [0.3, 0.4) is 0 Å². The van der Waals surface area contributed by atoms with E-state index in [0.29, 0.717) is 13.0 Å². The fourth-order valence-electron chi connectivity index (χ4n) is 2.97. The Hall–Kier alpha value is -1.85. The number of aryl methyl sites for hydroxylation is 2. The summed E-state index contributed by atoms with van der Waals surface area (Å²) in [7, 11) is 1.91. The number of rotatable bonds is 7. The lowest BCUT2D eigenvalue weighted by Gasteiger charge is -2.27. The number of carboxylic acid groups (broad SMARTS) is 1. The Bertz CT molecular complexity index is 604. The number of hydrogen-bond donors (Lipinski definition) is 1. The second-order valence-electron chi connectivity index (χ2n) is 6.84. The van der Waals surface area contributed by atoms with Crippen molar-refractivity contribution in [2.24, 2.45) is 18.9 Å². The molecule has 1 heterocycles. The van der Waals surface area contributed by atoms with E-state index in [1.807, 2.05) is 32.5 Å². The lowest BCUT2D eigenvalue weighted by atomic mass is 9.97. The fourth-order valence-corrected chi connectivity index (χ4v) is 2.97. The maximum Gasteiger partial charge on any atom is 0.308 e. The van der Waals surface area contributed by atoms with E-state index in [0.717, 1.165) is 29.8 Å². The van der Waals surface area contributed by atoms with E-state index in [-0.39, 0.29) is 17.9 Å². The van der Waals surface area contributed by atoms with Crippen molar-refractivity contribution in [2.45, 2.75) is 53.0 Å². The maximum absolute atomic E-state index is 12.8. The van der Waals surface area contributed by atoms with Crippen LogP contribution >= 0.6 is 0 Å². The Balaban J connectivity index is 2.08. The highest BCUT2D eigenvalue weighted by Gasteiger charge is 2.36. The molecule has 1 aliphatic rings. The molecule has 0 spiro atoms. The fraction of sp³-hybridized carbons (Fsp3) is 0.706. The largest absolute Gasteiger partial charge is 0.481 e. The summed E-state index contributed by atoms with van der Waals surface area (Å²) in [6.45, 7) is 7.86. The number of amides is 1. The van der Waals surface area contributed by atoms with Crippen molar-refractivity contribution in [3.63, 3.8) is 0 Å². The van der Waals surface area contributed by atoms with Gasteiger partial charge in [0.1, 0.15) is 0 Å². The normalized spacial score (nSPS) is 16.9. The highest BCUT2D eigenvalue weighted by molar-refractivity contribution is 5.80. The van der Waals surface area contributed by atoms with Gasteiger partial charge in [-0.05, 0) is 38.7 Å². The molecule has 1 amide bonds. The Morgan fingerprint density at radius 2 is 1.91 bits per heavy atom. The number of carbonyl (C=O) groups excluding carboxylic acids is 1. The summed E-state index contributed by atoms with van der Waals surface area (Å²) >= 11 is 0. The first-order valence-corrected chi connectivity index (χ1v) is 8.24. The number of carbonyl (C=O) groups is 2. The van der Waals surface area contributed by atoms with Crippen LogP contribution in [0.25, 0.3) is 0 Å². The average Bonchev–Trinajstić information content (AvgIpc) is 3.28. The van der Waals surface area contributed by atoms with E-state index in [9.17, 15) is 9.59 Å². The van der Waals surface area contributed by atoms with E-state index in [1.165, 1.54) is 0 Å². The third-order valence-electron chi connectivity index (χ3n) is 4.75. The minimum Gasteiger partial charge on any atom is -0.481 e. The molecule has 23 heavy (non-hydrogen) atoms. The maximum atomic E-state index is 12.8. The zero-order chi connectivity index (χ0) is 17.3. The molecule has 1 aromatic rings. The van der Waals surface area contributed by atoms with E-state index in [2.05, 4.69) is 5.10 Å². The van der Waals surface area contributed by atoms with Gasteiger partial charge in [0.15, 0.2) is 0 Å². The Morgan fingerprint density at radius 3 is 2.35 bits per heavy atom. The third kappa shape index (κ3) is 3.92. The predicted molar refractivity (Wildman–Crippen MR) is 87.1 cm³/mol. The van der Waals surface area contributed by atoms with E-state index >= 15 is 0 Å². The van der Waals surface area contributed by atoms with Gasteiger partial charge in [0.05, 0.1) is 11.6 Å². The molecule has 1 aromatic heterocycles. The highest BCUT2D eigenvalue weighted by atomic mass is 16.4. The summed E-state index contributed by atoms with van der Waals surface area (Å²) in [6.07, 6.45) is 2.61. The number of nitrogens with zero attached hydrogens (tertiary/aromatic N) is 3. The molecule has 1 saturated carbocycles. The quantitative estimate of drug-likeness (QED) is 0.832. The average molecular weight is 321 g/mol. The van der Waals surface area contributed by atoms with Crippen LogP contribution in [0, 0.1) is 25.7 Å². The van der Waals surface area contributed by atoms with Crippen LogP contribution in [0.1, 0.15) is 43.6 Å². The number of hydrogen-bond acceptors (Lipinski definition) is 3. The first kappa shape index (κ1) is 17.5. The van der Waals surface area contributed by atoms with Crippen molar-refractivity contribution in [1.82, 2.24) is 14.7 Å². The predicted octanol–water partition coefficient (Wildman–Crippen LogP) is 1.93. The van der Waals surface area contributed by atoms with Gasteiger partial charge in [0, 0.05) is 31.2 Å². The number of aromatic nitrogens is 2. The van der Waals surface area contributed by atoms with Crippen LogP contribution < -0.4 is 0 Å². The summed E-state index contributed by atoms with van der Waals surface area (Å²) in [5, 5.41) is 13.5. The molecule has 1 aliphatic carbocycles. The minimum atomic E-state index is -0.852. The Kier molecular flexibility index (Phi) is 5.12. The van der Waals surface area contributed by atoms with E-state index in [1.54, 1.807) is 11.8 Å². The van der Waals surface area contributed by atoms with Gasteiger partial charge in [0.25, 0.3) is 0 Å². The van der Waals surface area contributed by atoms with Gasteiger partial charge in [-0.25, -0.2) is 0 Å². The van der Waals surface area contributed by atoms with Gasteiger partial charge < -0.3 is 10.0 Å². The third-order valence-corrected chi connectivity index (χ3v) is 4.75. The summed E-state index contributed by atoms with van der Waals surface area (Å²) in [4.78, 5) is 25.7. The first-order valence-electron chi connectivity index (χ1n) is 8.24. The van der Waals surface area contributed by atoms with Crippen molar-refractivity contribution >= 4 is 11.9 Å². The number of carboxylic acids is 1. The Morgan fingerprint density at radius 1 is 1.30 bits per heavy atom. The molecule has 0 aromatic carbocycles. The van der Waals surface area contributed by atoms with Gasteiger partial charge in [-0.15, -0.1) is 0 Å². The van der Waals surface area contributed by atoms with Crippen molar-refractivity contribution in [2.75, 3.05) is 6.54 Å². The van der Waals surface area contributed by atoms with Gasteiger partial charge in [-0.1, -0.05) is 13.8 Å². The second kappa shape index (κ2) is 6.72. The second-order valence-corrected chi connectivity index (χ2v) is 6.84. The van der Waals surface area contributed by atoms with Crippen LogP contribution in [0.2, 0.25) is 0 Å². The number of aliphatic carboxylic acids is 1. The molecule has 0 aliphatic heterocycles. The summed E-state index contributed by atoms with van der Waals surface area (Å²) in [6, 6.07) is 0.225. The van der Waals surface area contributed by atoms with Crippen LogP contribution in [-0.2, 0) is 23.1 Å². The molecule has 2 atom stereocenters. The van der Waals surface area contributed by atoms with Crippen molar-refractivity contribution in [3.05, 3.63) is 17.0 Å². The lowest BCUT2D eigenvalue weighted by molar-refractivity contribution is -0.144. The molecular weight excluding hydrogens is 294 g/mol. The Labute approximate surface area is 137 Å². The molecule has 0 saturated heterocycles. The standard InChI is InChI=1S/C17H27N3O3/c1-10(8-15-12(3)18-19(5)13(15)4)16(21)20(14-6-7-14)9-11(2)17(22)23/h10-11,14H,6-9H2,1-5H3,(H,22,23)/t10-,11+/m0/s1. The van der Waals surface area contributed by atoms with Crippen LogP contribution in [0.15, 0.2) is 0 Å². The topological polar surface area (TPSA) is 75.4 Å². The highest BCUT2D eigenvalue weighted by Crippen LogP contribution is 2.30. The summed E-state index contributed by atoms with van der Waals surface area (Å²) < 4.78 is 1.84. The van der Waals surface area contributed by atoms with Crippen LogP contribution in [0.5, 0.6) is 0 Å². The first-order chi connectivity index (χ1) is 10.7. The smallest absolute Gasteiger partial charge is 0.308 e. The molecule has 6 nitrogen and oxygen atoms in total. The summed E-state index contributed by atoms with van der Waals surface area (Å²) in [5.74, 6) is -1.50. The van der Waals surface area contributed by atoms with Crippen molar-refractivity contribution < 1.29 is 14.7 Å². The van der Waals surface area contributed by atoms with E-state index in [4.69, 9.17) is 5.11 Å². The molecule has 1 N–H and O–H groups in total. The van der Waals surface area contributed by atoms with Crippen molar-refractivity contribution in [3.8, 4) is 0 Å².